The first-order chi connectivity index (χ1) is 15.7. The molecular weight excluding hydrogens is 418 g/mol. The summed E-state index contributed by atoms with van der Waals surface area (Å²) in [5.74, 6) is -0.104. The number of hydrogen-bond donors (Lipinski definition) is 2. The topological polar surface area (TPSA) is 104 Å². The van der Waals surface area contributed by atoms with Crippen LogP contribution in [0, 0.1) is 6.92 Å². The van der Waals surface area contributed by atoms with Gasteiger partial charge in [0.25, 0.3) is 5.56 Å². The summed E-state index contributed by atoms with van der Waals surface area (Å²) in [5.41, 5.74) is 7.65. The largest absolute Gasteiger partial charge is 0.383 e. The first-order valence-corrected chi connectivity index (χ1v) is 12.0. The molecule has 1 saturated carbocycles. The number of nitrogens with one attached hydrogen (secondary N) is 1. The highest BCUT2D eigenvalue weighted by Gasteiger charge is 2.33. The monoisotopic (exact) mass is 455 g/mol. The third-order valence-corrected chi connectivity index (χ3v) is 6.75. The molecule has 33 heavy (non-hydrogen) atoms. The van der Waals surface area contributed by atoms with Gasteiger partial charge >= 0.3 is 5.69 Å². The number of aromatic nitrogens is 2. The molecule has 1 aliphatic rings. The summed E-state index contributed by atoms with van der Waals surface area (Å²) in [4.78, 5) is 44.9. The van der Waals surface area contributed by atoms with Gasteiger partial charge in [-0.25, -0.2) is 4.79 Å². The fraction of sp³-hybridized carbons (Fsp3) is 0.560. The molecule has 1 heterocycles. The molecule has 0 spiro atoms. The minimum absolute atomic E-state index is 0.0223. The Morgan fingerprint density at radius 3 is 2.45 bits per heavy atom. The van der Waals surface area contributed by atoms with Crippen LogP contribution >= 0.6 is 0 Å². The van der Waals surface area contributed by atoms with Crippen molar-refractivity contribution in [2.45, 2.75) is 77.9 Å². The van der Waals surface area contributed by atoms with Gasteiger partial charge in [-0.15, -0.1) is 0 Å². The van der Waals surface area contributed by atoms with Crippen molar-refractivity contribution < 1.29 is 4.79 Å². The van der Waals surface area contributed by atoms with Crippen molar-refractivity contribution in [1.29, 1.82) is 0 Å². The van der Waals surface area contributed by atoms with Crippen molar-refractivity contribution >= 4 is 17.4 Å². The quantitative estimate of drug-likeness (QED) is 0.604. The van der Waals surface area contributed by atoms with Crippen LogP contribution < -0.4 is 21.9 Å². The van der Waals surface area contributed by atoms with Crippen molar-refractivity contribution in [1.82, 2.24) is 14.5 Å². The van der Waals surface area contributed by atoms with E-state index in [1.54, 1.807) is 4.90 Å². The number of anilines is 2. The second-order valence-corrected chi connectivity index (χ2v) is 9.20. The van der Waals surface area contributed by atoms with Crippen molar-refractivity contribution in [2.75, 3.05) is 24.2 Å². The zero-order valence-electron chi connectivity index (χ0n) is 20.3. The second kappa shape index (κ2) is 10.8. The molecule has 180 valence electrons. The Morgan fingerprint density at radius 1 is 1.21 bits per heavy atom. The van der Waals surface area contributed by atoms with E-state index in [0.29, 0.717) is 6.54 Å². The van der Waals surface area contributed by atoms with E-state index in [9.17, 15) is 14.4 Å². The van der Waals surface area contributed by atoms with Crippen LogP contribution in [0.5, 0.6) is 0 Å². The van der Waals surface area contributed by atoms with Crippen molar-refractivity contribution in [3.05, 3.63) is 56.2 Å². The van der Waals surface area contributed by atoms with Crippen molar-refractivity contribution in [3.8, 4) is 0 Å². The molecule has 0 radical (unpaired) electrons. The van der Waals surface area contributed by atoms with E-state index < -0.39 is 11.2 Å². The van der Waals surface area contributed by atoms with Gasteiger partial charge in [-0.1, -0.05) is 56.0 Å². The van der Waals surface area contributed by atoms with E-state index in [1.165, 1.54) is 10.1 Å². The molecule has 1 aliphatic carbocycles. The molecule has 1 fully saturated rings. The summed E-state index contributed by atoms with van der Waals surface area (Å²) in [6.45, 7) is 6.67. The predicted octanol–water partition coefficient (Wildman–Crippen LogP) is 3.20. The number of aromatic amines is 1. The summed E-state index contributed by atoms with van der Waals surface area (Å²) in [7, 11) is 1.91. The Hall–Kier alpha value is -2.87. The lowest BCUT2D eigenvalue weighted by Gasteiger charge is -2.33. The van der Waals surface area contributed by atoms with Gasteiger partial charge in [0.05, 0.1) is 6.54 Å². The Morgan fingerprint density at radius 2 is 1.85 bits per heavy atom. The molecule has 8 heteroatoms. The Bertz CT molecular complexity index is 1070. The van der Waals surface area contributed by atoms with Gasteiger partial charge in [-0.2, -0.15) is 0 Å². The summed E-state index contributed by atoms with van der Waals surface area (Å²) in [6.07, 6.45) is 5.26. The minimum Gasteiger partial charge on any atom is -0.383 e. The summed E-state index contributed by atoms with van der Waals surface area (Å²) < 4.78 is 1.38. The van der Waals surface area contributed by atoms with Crippen LogP contribution in [-0.4, -0.2) is 40.0 Å². The molecule has 0 bridgehead atoms. The predicted molar refractivity (Wildman–Crippen MR) is 133 cm³/mol. The number of nitrogens with two attached hydrogens (primary N) is 1. The van der Waals surface area contributed by atoms with Crippen LogP contribution in [-0.2, 0) is 11.3 Å². The maximum absolute atomic E-state index is 13.6. The lowest BCUT2D eigenvalue weighted by Crippen LogP contribution is -2.49. The van der Waals surface area contributed by atoms with Gasteiger partial charge in [0.15, 0.2) is 5.69 Å². The maximum Gasteiger partial charge on any atom is 0.330 e. The van der Waals surface area contributed by atoms with E-state index in [0.717, 1.165) is 44.1 Å². The third kappa shape index (κ3) is 5.55. The molecule has 3 rings (SSSR count). The number of aryl methyl sites for hydroxylation is 1. The number of rotatable bonds is 9. The molecule has 1 aromatic carbocycles. The Labute approximate surface area is 195 Å². The number of benzene rings is 1. The molecule has 1 unspecified atom stereocenters. The van der Waals surface area contributed by atoms with Gasteiger partial charge in [-0.3, -0.25) is 24.0 Å². The summed E-state index contributed by atoms with van der Waals surface area (Å²) in [6, 6.07) is 8.19. The average Bonchev–Trinajstić information content (AvgIpc) is 3.30. The molecule has 3 N–H and O–H groups in total. The van der Waals surface area contributed by atoms with Gasteiger partial charge in [0, 0.05) is 18.6 Å². The number of unbranched alkanes of at least 4 members (excludes halogenated alkanes) is 1. The van der Waals surface area contributed by atoms with E-state index in [1.807, 2.05) is 25.8 Å². The minimum atomic E-state index is -0.597. The average molecular weight is 456 g/mol. The van der Waals surface area contributed by atoms with Gasteiger partial charge in [0.2, 0.25) is 5.91 Å². The maximum atomic E-state index is 13.6. The van der Waals surface area contributed by atoms with E-state index in [2.05, 4.69) is 36.2 Å². The van der Waals surface area contributed by atoms with Crippen molar-refractivity contribution in [3.63, 3.8) is 0 Å². The molecule has 1 amide bonds. The van der Waals surface area contributed by atoms with Gasteiger partial charge < -0.3 is 10.6 Å². The zero-order valence-corrected chi connectivity index (χ0v) is 20.3. The lowest BCUT2D eigenvalue weighted by atomic mass is 10.1. The number of nitrogens with zero attached hydrogens (tertiary/aromatic N) is 3. The Balaban J connectivity index is 1.93. The zero-order chi connectivity index (χ0) is 24.1. The number of amides is 1. The van der Waals surface area contributed by atoms with Crippen LogP contribution in [0.15, 0.2) is 33.9 Å². The van der Waals surface area contributed by atoms with Gasteiger partial charge in [0.1, 0.15) is 5.82 Å². The number of hydrogen-bond acceptors (Lipinski definition) is 5. The van der Waals surface area contributed by atoms with E-state index >= 15 is 0 Å². The summed E-state index contributed by atoms with van der Waals surface area (Å²) >= 11 is 0. The first-order valence-electron chi connectivity index (χ1n) is 12.0. The van der Waals surface area contributed by atoms with Crippen LogP contribution in [0.25, 0.3) is 0 Å². The molecule has 1 atom stereocenters. The normalized spacial score (nSPS) is 15.2. The summed E-state index contributed by atoms with van der Waals surface area (Å²) in [5, 5.41) is 0. The Kier molecular flexibility index (Phi) is 8.13. The van der Waals surface area contributed by atoms with Crippen LogP contribution in [0.4, 0.5) is 11.5 Å². The molecular formula is C25H37N5O3. The standard InChI is InChI=1S/C25H37N5O3/c1-5-6-15-29-23(26)22(24(32)27-25(29)33)30(20-9-7-8-10-20)21(31)16-28(4)18(3)19-13-11-17(2)12-14-19/h11-14,18,20H,5-10,15-16,26H2,1-4H3,(H,27,32,33). The highest BCUT2D eigenvalue weighted by Crippen LogP contribution is 2.30. The molecule has 0 saturated heterocycles. The highest BCUT2D eigenvalue weighted by atomic mass is 16.2. The van der Waals surface area contributed by atoms with Gasteiger partial charge in [-0.05, 0) is 45.7 Å². The van der Waals surface area contributed by atoms with E-state index in [4.69, 9.17) is 5.73 Å². The number of H-pyrrole nitrogens is 1. The van der Waals surface area contributed by atoms with Crippen LogP contribution in [0.2, 0.25) is 0 Å². The highest BCUT2D eigenvalue weighted by molar-refractivity contribution is 5.97. The molecule has 0 aliphatic heterocycles. The number of carbonyl (C=O) groups is 1. The number of carbonyl (C=O) groups excluding carboxylic acids is 1. The van der Waals surface area contributed by atoms with Crippen LogP contribution in [0.3, 0.4) is 0 Å². The third-order valence-electron chi connectivity index (χ3n) is 6.75. The first kappa shape index (κ1) is 24.8. The molecule has 8 nitrogen and oxygen atoms in total. The lowest BCUT2D eigenvalue weighted by molar-refractivity contribution is -0.120. The van der Waals surface area contributed by atoms with Crippen LogP contribution in [0.1, 0.15) is 69.5 Å². The number of likely N-dealkylation sites (N-methyl/N-ethyl adjacent to an activating group) is 1. The SMILES string of the molecule is CCCCn1c(N)c(N(C(=O)CN(C)C(C)c2ccc(C)cc2)C2CCCC2)c(=O)[nH]c1=O. The molecule has 2 aromatic rings. The van der Waals surface area contributed by atoms with E-state index in [-0.39, 0.29) is 36.0 Å². The fourth-order valence-corrected chi connectivity index (χ4v) is 4.55. The second-order valence-electron chi connectivity index (χ2n) is 9.20. The fourth-order valence-electron chi connectivity index (χ4n) is 4.55. The molecule has 1 aromatic heterocycles. The van der Waals surface area contributed by atoms with Crippen molar-refractivity contribution in [2.24, 2.45) is 0 Å². The smallest absolute Gasteiger partial charge is 0.330 e. The number of nitrogen functional groups attached to an aromatic ring is 1.